The van der Waals surface area contributed by atoms with E-state index in [4.69, 9.17) is 14.3 Å². The third-order valence-electron chi connectivity index (χ3n) is 9.73. The average Bonchev–Trinajstić information content (AvgIpc) is 3.59. The van der Waals surface area contributed by atoms with Crippen molar-refractivity contribution in [3.63, 3.8) is 0 Å². The molecule has 6 N–H and O–H groups in total. The highest BCUT2D eigenvalue weighted by atomic mass is 16.7. The Bertz CT molecular complexity index is 1960. The van der Waals surface area contributed by atoms with E-state index in [1.807, 2.05) is 52.3 Å². The lowest BCUT2D eigenvalue weighted by Crippen LogP contribution is -2.50. The van der Waals surface area contributed by atoms with Gasteiger partial charge in [0.05, 0.1) is 32.8 Å². The van der Waals surface area contributed by atoms with Gasteiger partial charge in [-0.1, -0.05) is 42.5 Å². The van der Waals surface area contributed by atoms with Crippen molar-refractivity contribution in [1.82, 2.24) is 40.7 Å². The number of nitrogens with zero attached hydrogens (tertiary/aromatic N) is 4. The maximum Gasteiger partial charge on any atom is 0.408 e. The van der Waals surface area contributed by atoms with Crippen LogP contribution < -0.4 is 16.1 Å². The molecule has 0 saturated carbocycles. The summed E-state index contributed by atoms with van der Waals surface area (Å²) in [4.78, 5) is 91.4. The zero-order valence-electron chi connectivity index (χ0n) is 37.2. The molecule has 0 aliphatic carbocycles. The number of benzene rings is 2. The molecular formula is C44H64N8O11. The van der Waals surface area contributed by atoms with Gasteiger partial charge in [-0.15, -0.1) is 0 Å². The minimum atomic E-state index is -1.01. The number of para-hydroxylation sites is 1. The molecule has 0 radical (unpaired) electrons. The fourth-order valence-corrected chi connectivity index (χ4v) is 6.75. The molecule has 4 rings (SSSR count). The van der Waals surface area contributed by atoms with Crippen LogP contribution in [0.4, 0.5) is 4.79 Å². The number of carbonyl (C=O) groups is 6. The molecule has 19 nitrogen and oxygen atoms in total. The lowest BCUT2D eigenvalue weighted by atomic mass is 10.1. The molecule has 1 fully saturated rings. The molecule has 3 amide bonds. The summed E-state index contributed by atoms with van der Waals surface area (Å²) in [5, 5.41) is 25.6. The molecule has 1 aromatic heterocycles. The van der Waals surface area contributed by atoms with Crippen LogP contribution >= 0.6 is 0 Å². The minimum Gasteiger partial charge on any atom is -0.480 e. The molecule has 1 aliphatic heterocycles. The number of carbonyl (C=O) groups excluding carboxylic acids is 4. The van der Waals surface area contributed by atoms with Gasteiger partial charge in [-0.2, -0.15) is 0 Å². The number of hydroxylamine groups is 1. The van der Waals surface area contributed by atoms with Crippen molar-refractivity contribution < 1.29 is 53.3 Å². The van der Waals surface area contributed by atoms with Gasteiger partial charge in [-0.25, -0.2) is 10.3 Å². The quantitative estimate of drug-likeness (QED) is 0.0843. The van der Waals surface area contributed by atoms with Crippen LogP contribution in [-0.2, 0) is 57.9 Å². The zero-order chi connectivity index (χ0) is 46.2. The fourth-order valence-electron chi connectivity index (χ4n) is 6.75. The number of aliphatic carboxylic acids is 2. The normalized spacial score (nSPS) is 16.0. The maximum atomic E-state index is 13.3. The molecule has 63 heavy (non-hydrogen) atoms. The molecule has 0 spiro atoms. The second-order valence-corrected chi connectivity index (χ2v) is 17.6. The van der Waals surface area contributed by atoms with E-state index in [1.165, 1.54) is 0 Å². The number of nitrogens with one attached hydrogen (secondary N) is 4. The van der Waals surface area contributed by atoms with E-state index in [1.54, 1.807) is 63.5 Å². The Labute approximate surface area is 368 Å². The summed E-state index contributed by atoms with van der Waals surface area (Å²) >= 11 is 0. The first-order chi connectivity index (χ1) is 29.7. The Kier molecular flexibility index (Phi) is 18.9. The van der Waals surface area contributed by atoms with Crippen molar-refractivity contribution in [3.8, 4) is 0 Å². The minimum absolute atomic E-state index is 0.0159. The number of amides is 3. The molecule has 0 bridgehead atoms. The van der Waals surface area contributed by atoms with Crippen molar-refractivity contribution >= 4 is 46.7 Å². The number of H-pyrrole nitrogens is 1. The van der Waals surface area contributed by atoms with Gasteiger partial charge < -0.3 is 35.3 Å². The van der Waals surface area contributed by atoms with Crippen molar-refractivity contribution in [2.24, 2.45) is 0 Å². The van der Waals surface area contributed by atoms with E-state index >= 15 is 0 Å². The largest absolute Gasteiger partial charge is 0.480 e. The van der Waals surface area contributed by atoms with Crippen molar-refractivity contribution in [3.05, 3.63) is 71.4 Å². The average molecular weight is 881 g/mol. The number of fused-ring (bicyclic) bond motifs is 1. The monoisotopic (exact) mass is 880 g/mol. The summed E-state index contributed by atoms with van der Waals surface area (Å²) in [5.74, 6) is -3.26. The Morgan fingerprint density at radius 1 is 0.683 bits per heavy atom. The number of hydrogen-bond donors (Lipinski definition) is 6. The van der Waals surface area contributed by atoms with Gasteiger partial charge >= 0.3 is 24.0 Å². The van der Waals surface area contributed by atoms with Crippen LogP contribution in [0.15, 0.2) is 54.6 Å². The zero-order valence-corrected chi connectivity index (χ0v) is 37.2. The molecule has 2 heterocycles. The standard InChI is InChI=1S/C44H64N8O11/c1-43(2,3)62-40(58)29-52-21-16-49(15-17-50(27-38(54)55)18-19-51(20-22-52)28-39(56)57)26-37(53)45-25-31-11-13-32(14-12-31)30-61-48-41(59)36(47-42(60)63-44(4,5)6)24-34-23-33-9-7-8-10-35(33)46-34/h7-14,23,36,46H,15-22,24-30H2,1-6H3,(H,45,53)(H,47,60)(H,48,59)(H,54,55)(H,56,57)/t36-/m1/s1. The van der Waals surface area contributed by atoms with Gasteiger partial charge in [0.2, 0.25) is 5.91 Å². The number of carboxylic acids is 2. The number of aromatic amines is 1. The molecular weight excluding hydrogens is 817 g/mol. The van der Waals surface area contributed by atoms with Gasteiger partial charge in [-0.3, -0.25) is 48.4 Å². The third kappa shape index (κ3) is 19.5. The molecule has 346 valence electrons. The summed E-state index contributed by atoms with van der Waals surface area (Å²) in [7, 11) is 0. The van der Waals surface area contributed by atoms with Gasteiger partial charge in [-0.05, 0) is 70.2 Å². The molecule has 0 unspecified atom stereocenters. The second-order valence-electron chi connectivity index (χ2n) is 17.6. The number of alkyl carbamates (subject to hydrolysis) is 1. The highest BCUT2D eigenvalue weighted by Gasteiger charge is 2.27. The molecule has 2 aromatic carbocycles. The summed E-state index contributed by atoms with van der Waals surface area (Å²) in [6.45, 7) is 13.0. The van der Waals surface area contributed by atoms with Crippen LogP contribution in [0.5, 0.6) is 0 Å². The molecule has 1 atom stereocenters. The third-order valence-corrected chi connectivity index (χ3v) is 9.73. The van der Waals surface area contributed by atoms with Gasteiger partial charge in [0.25, 0.3) is 5.91 Å². The smallest absolute Gasteiger partial charge is 0.408 e. The van der Waals surface area contributed by atoms with E-state index in [0.717, 1.165) is 27.7 Å². The van der Waals surface area contributed by atoms with Gasteiger partial charge in [0, 0.05) is 76.5 Å². The predicted octanol–water partition coefficient (Wildman–Crippen LogP) is 2.20. The molecule has 1 saturated heterocycles. The molecule has 3 aromatic rings. The van der Waals surface area contributed by atoms with E-state index in [2.05, 4.69) is 21.1 Å². The summed E-state index contributed by atoms with van der Waals surface area (Å²) < 4.78 is 10.9. The summed E-state index contributed by atoms with van der Waals surface area (Å²) in [6, 6.07) is 15.9. The summed E-state index contributed by atoms with van der Waals surface area (Å²) in [5.41, 5.74) is 4.19. The van der Waals surface area contributed by atoms with Crippen LogP contribution in [0.1, 0.15) is 58.4 Å². The SMILES string of the molecule is CC(C)(C)OC(=O)CN1CCN(CC(=O)O)CCN(CC(=O)O)CCN(CC(=O)NCc2ccc(CONC(=O)[C@@H](Cc3cc4ccccc4[nH]3)NC(=O)OC(C)(C)C)cc2)CC1. The number of ether oxygens (including phenoxy) is 2. The first-order valence-electron chi connectivity index (χ1n) is 21.1. The Morgan fingerprint density at radius 2 is 1.19 bits per heavy atom. The second kappa shape index (κ2) is 23.7. The highest BCUT2D eigenvalue weighted by Crippen LogP contribution is 2.17. The van der Waals surface area contributed by atoms with Crippen molar-refractivity contribution in [2.45, 2.75) is 78.4 Å². The lowest BCUT2D eigenvalue weighted by molar-refractivity contribution is -0.156. The van der Waals surface area contributed by atoms with E-state index < -0.39 is 47.2 Å². The van der Waals surface area contributed by atoms with Crippen LogP contribution in [0, 0.1) is 0 Å². The fraction of sp³-hybridized carbons (Fsp3) is 0.545. The Morgan fingerprint density at radius 3 is 1.71 bits per heavy atom. The topological polar surface area (TPSA) is 235 Å². The Balaban J connectivity index is 1.32. The number of carboxylic acid groups (broad SMARTS) is 2. The van der Waals surface area contributed by atoms with Crippen molar-refractivity contribution in [2.75, 3.05) is 78.5 Å². The Hall–Kier alpha value is -5.60. The van der Waals surface area contributed by atoms with Crippen LogP contribution in [0.3, 0.4) is 0 Å². The van der Waals surface area contributed by atoms with Gasteiger partial charge in [0.1, 0.15) is 17.2 Å². The maximum absolute atomic E-state index is 13.3. The number of aromatic nitrogens is 1. The molecule has 1 aliphatic rings. The first-order valence-corrected chi connectivity index (χ1v) is 21.1. The highest BCUT2D eigenvalue weighted by molar-refractivity contribution is 5.86. The van der Waals surface area contributed by atoms with Crippen LogP contribution in [0.25, 0.3) is 10.9 Å². The number of esters is 1. The van der Waals surface area contributed by atoms with Crippen molar-refractivity contribution in [1.29, 1.82) is 0 Å². The lowest BCUT2D eigenvalue weighted by Gasteiger charge is -2.33. The molecule has 19 heteroatoms. The first kappa shape index (κ1) is 50.0. The van der Waals surface area contributed by atoms with Gasteiger partial charge in [0.15, 0.2) is 0 Å². The van der Waals surface area contributed by atoms with E-state index in [-0.39, 0.29) is 51.7 Å². The predicted molar refractivity (Wildman–Crippen MR) is 233 cm³/mol. The van der Waals surface area contributed by atoms with E-state index in [0.29, 0.717) is 52.4 Å². The van der Waals surface area contributed by atoms with E-state index in [9.17, 15) is 39.0 Å². The van der Waals surface area contributed by atoms with Crippen LogP contribution in [0.2, 0.25) is 0 Å². The number of rotatable bonds is 17. The number of hydrogen-bond acceptors (Lipinski definition) is 13. The summed E-state index contributed by atoms with van der Waals surface area (Å²) in [6.07, 6.45) is -0.580. The van der Waals surface area contributed by atoms with Crippen LogP contribution in [-0.4, -0.2) is 166 Å².